The SMILES string of the molecule is c1ccc(-c2ccc(N(c3ccc(-c4cccc(C56C[C@@H]7CC8C[C@@H](C5)C87C6)c4)cc3)c3ccc(-c4ccccc4-n4c5ccccc5c5ccccc54)cc3)cc2)cc1. The Morgan fingerprint density at radius 2 is 0.917 bits per heavy atom. The number of hydrogen-bond donors (Lipinski definition) is 0. The normalized spacial score (nSPS) is 23.3. The van der Waals surface area contributed by atoms with E-state index in [1.165, 1.54) is 93.0 Å². The molecular weight excluding hydrogens is 725 g/mol. The van der Waals surface area contributed by atoms with E-state index in [4.69, 9.17) is 0 Å². The van der Waals surface area contributed by atoms with Crippen molar-refractivity contribution in [3.8, 4) is 39.1 Å². The Hall–Kier alpha value is -6.64. The summed E-state index contributed by atoms with van der Waals surface area (Å²) >= 11 is 0. The van der Waals surface area contributed by atoms with Crippen LogP contribution in [0.2, 0.25) is 0 Å². The zero-order valence-corrected chi connectivity index (χ0v) is 33.7. The van der Waals surface area contributed by atoms with Gasteiger partial charge in [-0.3, -0.25) is 0 Å². The molecule has 0 amide bonds. The van der Waals surface area contributed by atoms with E-state index < -0.39 is 0 Å². The van der Waals surface area contributed by atoms with E-state index in [1.807, 2.05) is 0 Å². The van der Waals surface area contributed by atoms with Gasteiger partial charge in [0.25, 0.3) is 0 Å². The molecule has 2 nitrogen and oxygen atoms in total. The van der Waals surface area contributed by atoms with Crippen LogP contribution >= 0.6 is 0 Å². The number of benzene rings is 8. The second kappa shape index (κ2) is 12.9. The summed E-state index contributed by atoms with van der Waals surface area (Å²) in [6.45, 7) is 0. The lowest BCUT2D eigenvalue weighted by molar-refractivity contribution is -0.175. The van der Waals surface area contributed by atoms with Crippen molar-refractivity contribution in [3.05, 3.63) is 206 Å². The summed E-state index contributed by atoms with van der Waals surface area (Å²) in [5, 5.41) is 2.54. The maximum absolute atomic E-state index is 2.55. The van der Waals surface area contributed by atoms with Crippen molar-refractivity contribution in [2.24, 2.45) is 23.2 Å². The van der Waals surface area contributed by atoms with E-state index in [1.54, 1.807) is 5.56 Å². The first-order chi connectivity index (χ1) is 29.6. The fourth-order valence-corrected chi connectivity index (χ4v) is 13.0. The second-order valence-corrected chi connectivity index (χ2v) is 18.3. The van der Waals surface area contributed by atoms with Crippen LogP contribution in [0.3, 0.4) is 0 Å². The van der Waals surface area contributed by atoms with Gasteiger partial charge in [-0.2, -0.15) is 0 Å². The first-order valence-electron chi connectivity index (χ1n) is 22.0. The molecular formula is C58H46N2. The number of aromatic nitrogens is 1. The molecule has 4 aliphatic carbocycles. The highest BCUT2D eigenvalue weighted by Gasteiger charge is 2.77. The van der Waals surface area contributed by atoms with Gasteiger partial charge in [-0.25, -0.2) is 0 Å². The van der Waals surface area contributed by atoms with Gasteiger partial charge in [0.05, 0.1) is 16.7 Å². The molecule has 0 saturated heterocycles. The van der Waals surface area contributed by atoms with Crippen molar-refractivity contribution in [1.82, 2.24) is 4.57 Å². The van der Waals surface area contributed by atoms with Crippen LogP contribution in [-0.2, 0) is 5.41 Å². The first kappa shape index (κ1) is 34.2. The van der Waals surface area contributed by atoms with Crippen molar-refractivity contribution < 1.29 is 0 Å². The van der Waals surface area contributed by atoms with Crippen LogP contribution in [0.5, 0.6) is 0 Å². The Bertz CT molecular complexity index is 3010. The van der Waals surface area contributed by atoms with Crippen LogP contribution in [0, 0.1) is 23.2 Å². The Morgan fingerprint density at radius 3 is 1.52 bits per heavy atom. The topological polar surface area (TPSA) is 8.17 Å². The van der Waals surface area contributed by atoms with Crippen molar-refractivity contribution >= 4 is 38.9 Å². The van der Waals surface area contributed by atoms with Gasteiger partial charge in [-0.1, -0.05) is 146 Å². The maximum atomic E-state index is 2.55. The molecule has 0 unspecified atom stereocenters. The average Bonchev–Trinajstić information content (AvgIpc) is 3.94. The molecule has 4 aliphatic rings. The third kappa shape index (κ3) is 4.94. The van der Waals surface area contributed by atoms with Crippen LogP contribution in [0.1, 0.15) is 37.7 Å². The highest BCUT2D eigenvalue weighted by atomic mass is 15.1. The first-order valence-corrected chi connectivity index (χ1v) is 22.0. The molecule has 2 bridgehead atoms. The smallest absolute Gasteiger partial charge is 0.0541 e. The molecule has 288 valence electrons. The van der Waals surface area contributed by atoms with Crippen molar-refractivity contribution in [2.75, 3.05) is 4.90 Å². The molecule has 1 aromatic heterocycles. The van der Waals surface area contributed by atoms with Crippen molar-refractivity contribution in [2.45, 2.75) is 37.5 Å². The van der Waals surface area contributed by atoms with E-state index in [2.05, 4.69) is 210 Å². The minimum Gasteiger partial charge on any atom is -0.311 e. The summed E-state index contributed by atoms with van der Waals surface area (Å²) in [7, 11) is 0. The van der Waals surface area contributed by atoms with Crippen LogP contribution in [-0.4, -0.2) is 4.57 Å². The van der Waals surface area contributed by atoms with Gasteiger partial charge in [0.1, 0.15) is 0 Å². The molecule has 8 aromatic carbocycles. The zero-order valence-electron chi connectivity index (χ0n) is 33.7. The van der Waals surface area contributed by atoms with Gasteiger partial charge in [-0.05, 0) is 149 Å². The molecule has 2 heteroatoms. The minimum atomic E-state index is 0.412. The van der Waals surface area contributed by atoms with E-state index in [0.29, 0.717) is 5.41 Å². The van der Waals surface area contributed by atoms with Gasteiger partial charge >= 0.3 is 0 Å². The largest absolute Gasteiger partial charge is 0.311 e. The van der Waals surface area contributed by atoms with Gasteiger partial charge in [0.15, 0.2) is 0 Å². The predicted octanol–water partition coefficient (Wildman–Crippen LogP) is 15.3. The highest BCUT2D eigenvalue weighted by molar-refractivity contribution is 6.09. The molecule has 1 spiro atoms. The summed E-state index contributed by atoms with van der Waals surface area (Å²) < 4.78 is 2.43. The summed E-state index contributed by atoms with van der Waals surface area (Å²) in [5.41, 5.74) is 17.2. The summed E-state index contributed by atoms with van der Waals surface area (Å²) in [4.78, 5) is 2.40. The Balaban J connectivity index is 0.866. The van der Waals surface area contributed by atoms with Crippen LogP contribution in [0.15, 0.2) is 200 Å². The third-order valence-corrected chi connectivity index (χ3v) is 15.7. The fourth-order valence-electron chi connectivity index (χ4n) is 13.0. The Morgan fingerprint density at radius 1 is 0.417 bits per heavy atom. The fraction of sp³-hybridized carbons (Fsp3) is 0.172. The third-order valence-electron chi connectivity index (χ3n) is 15.7. The van der Waals surface area contributed by atoms with Gasteiger partial charge in [0.2, 0.25) is 0 Å². The number of fused-ring (bicyclic) bond motifs is 4. The van der Waals surface area contributed by atoms with Crippen molar-refractivity contribution in [3.63, 3.8) is 0 Å². The molecule has 4 saturated carbocycles. The maximum Gasteiger partial charge on any atom is 0.0541 e. The lowest BCUT2D eigenvalue weighted by Gasteiger charge is -2.66. The molecule has 2 atom stereocenters. The van der Waals surface area contributed by atoms with Crippen LogP contribution in [0.25, 0.3) is 60.9 Å². The summed E-state index contributed by atoms with van der Waals surface area (Å²) in [6, 6.07) is 74.1. The van der Waals surface area contributed by atoms with Gasteiger partial charge < -0.3 is 9.47 Å². The number of para-hydroxylation sites is 3. The van der Waals surface area contributed by atoms with Gasteiger partial charge in [0, 0.05) is 33.4 Å². The molecule has 0 N–H and O–H groups in total. The van der Waals surface area contributed by atoms with E-state index in [-0.39, 0.29) is 0 Å². The standard InChI is InChI=1S/C58H46N2/c1-2-11-39(12-3-1)40-21-27-48(28-22-40)59(49-29-23-41(24-30-49)43-13-10-14-44(33-43)57-36-46-34-45-35-47(37-57)58(45,46)38-57)50-31-25-42(26-32-50)51-15-4-7-18-54(51)60-55-19-8-5-16-52(55)53-17-6-9-20-56(53)60/h1-33,45-47H,34-38H2/t45?,46-,47-,57?,58?/m0/s1. The van der Waals surface area contributed by atoms with Crippen LogP contribution in [0.4, 0.5) is 17.1 Å². The lowest BCUT2D eigenvalue weighted by Crippen LogP contribution is -2.59. The lowest BCUT2D eigenvalue weighted by atomic mass is 9.38. The Kier molecular flexibility index (Phi) is 7.38. The molecule has 60 heavy (non-hydrogen) atoms. The number of anilines is 3. The van der Waals surface area contributed by atoms with E-state index >= 15 is 0 Å². The summed E-state index contributed by atoms with van der Waals surface area (Å²) in [6.07, 6.45) is 7.30. The van der Waals surface area contributed by atoms with E-state index in [0.717, 1.165) is 40.2 Å². The monoisotopic (exact) mass is 770 g/mol. The zero-order chi connectivity index (χ0) is 39.4. The molecule has 4 fully saturated rings. The van der Waals surface area contributed by atoms with Crippen molar-refractivity contribution in [1.29, 1.82) is 0 Å². The highest BCUT2D eigenvalue weighted by Crippen LogP contribution is 2.84. The number of nitrogens with zero attached hydrogens (tertiary/aromatic N) is 2. The van der Waals surface area contributed by atoms with Gasteiger partial charge in [-0.15, -0.1) is 0 Å². The Labute approximate surface area is 352 Å². The number of hydrogen-bond acceptors (Lipinski definition) is 1. The molecule has 9 aromatic rings. The molecule has 13 rings (SSSR count). The minimum absolute atomic E-state index is 0.412. The quantitative estimate of drug-likeness (QED) is 0.149. The van der Waals surface area contributed by atoms with E-state index in [9.17, 15) is 0 Å². The molecule has 0 aliphatic heterocycles. The predicted molar refractivity (Wildman–Crippen MR) is 249 cm³/mol. The molecule has 0 radical (unpaired) electrons. The number of rotatable bonds is 8. The summed E-state index contributed by atoms with van der Waals surface area (Å²) in [5.74, 6) is 3.03. The second-order valence-electron chi connectivity index (χ2n) is 18.3. The average molecular weight is 771 g/mol. The molecule has 1 heterocycles. The van der Waals surface area contributed by atoms with Crippen LogP contribution < -0.4 is 4.90 Å².